The second kappa shape index (κ2) is 25.7. The molecule has 0 spiro atoms. The zero-order chi connectivity index (χ0) is 50.3. The number of aromatic nitrogens is 2. The minimum atomic E-state index is -1.02. The van der Waals surface area contributed by atoms with Crippen molar-refractivity contribution in [2.45, 2.75) is 154 Å². The number of hydrogen-bond acceptors (Lipinski definition) is 12. The van der Waals surface area contributed by atoms with E-state index in [-0.39, 0.29) is 68.0 Å². The third-order valence-electron chi connectivity index (χ3n) is 13.7. The Labute approximate surface area is 406 Å². The van der Waals surface area contributed by atoms with Crippen LogP contribution in [-0.4, -0.2) is 117 Å². The summed E-state index contributed by atoms with van der Waals surface area (Å²) in [5.74, 6) is -7.22. The van der Waals surface area contributed by atoms with Gasteiger partial charge in [-0.1, -0.05) is 82.2 Å². The molecule has 0 unspecified atom stereocenters. The summed E-state index contributed by atoms with van der Waals surface area (Å²) in [5.41, 5.74) is -0.218. The van der Waals surface area contributed by atoms with Crippen LogP contribution in [0.25, 0.3) is 0 Å². The third kappa shape index (κ3) is 15.8. The molecule has 69 heavy (non-hydrogen) atoms. The molecule has 5 amide bonds. The maximum atomic E-state index is 14.7. The molecule has 2 aromatic rings. The first-order chi connectivity index (χ1) is 32.9. The van der Waals surface area contributed by atoms with Crippen LogP contribution in [0.5, 0.6) is 0 Å². The van der Waals surface area contributed by atoms with E-state index in [2.05, 4.69) is 25.9 Å². The summed E-state index contributed by atoms with van der Waals surface area (Å²) in [7, 11) is 3.13. The average Bonchev–Trinajstić information content (AvgIpc) is 3.77. The first kappa shape index (κ1) is 54.1. The molecule has 1 aromatic carbocycles. The second-order valence-electron chi connectivity index (χ2n) is 20.3. The van der Waals surface area contributed by atoms with Gasteiger partial charge in [-0.15, -0.1) is 0 Å². The number of ketones is 4. The zero-order valence-corrected chi connectivity index (χ0v) is 41.3. The van der Waals surface area contributed by atoms with E-state index < -0.39 is 89.1 Å². The van der Waals surface area contributed by atoms with E-state index in [1.807, 2.05) is 6.92 Å². The van der Waals surface area contributed by atoms with Crippen molar-refractivity contribution in [1.29, 1.82) is 0 Å². The van der Waals surface area contributed by atoms with Gasteiger partial charge < -0.3 is 30.5 Å². The van der Waals surface area contributed by atoms with Crippen LogP contribution in [-0.2, 0) is 38.3 Å². The Balaban J connectivity index is 1.32. The minimum Gasteiger partial charge on any atom is -0.444 e. The van der Waals surface area contributed by atoms with Gasteiger partial charge >= 0.3 is 6.09 Å². The minimum absolute atomic E-state index is 0.0675. The molecule has 17 heteroatoms. The number of benzene rings is 1. The summed E-state index contributed by atoms with van der Waals surface area (Å²) in [5, 5.41) is 8.73. The largest absolute Gasteiger partial charge is 0.444 e. The van der Waals surface area contributed by atoms with Gasteiger partial charge in [0.2, 0.25) is 23.5 Å². The highest BCUT2D eigenvalue weighted by atomic mass is 16.6. The summed E-state index contributed by atoms with van der Waals surface area (Å²) >= 11 is 0. The Morgan fingerprint density at radius 2 is 1.46 bits per heavy atom. The molecule has 1 aromatic heterocycles. The number of likely N-dealkylation sites (N-methyl/N-ethyl adjacent to an activating group) is 1. The van der Waals surface area contributed by atoms with Gasteiger partial charge in [-0.3, -0.25) is 43.3 Å². The Kier molecular flexibility index (Phi) is 20.1. The van der Waals surface area contributed by atoms with Crippen molar-refractivity contribution in [2.75, 3.05) is 27.2 Å². The number of likely N-dealkylation sites (tertiary alicyclic amines) is 1. The highest BCUT2D eigenvalue weighted by Crippen LogP contribution is 2.35. The van der Waals surface area contributed by atoms with Crippen LogP contribution < -0.4 is 16.0 Å². The third-order valence-corrected chi connectivity index (χ3v) is 13.7. The monoisotopic (exact) mass is 956 g/mol. The van der Waals surface area contributed by atoms with Crippen LogP contribution in [0.15, 0.2) is 48.9 Å². The molecule has 376 valence electrons. The topological polar surface area (TPSA) is 231 Å². The van der Waals surface area contributed by atoms with E-state index in [9.17, 15) is 43.2 Å². The summed E-state index contributed by atoms with van der Waals surface area (Å²) in [6, 6.07) is 5.94. The first-order valence-corrected chi connectivity index (χ1v) is 24.9. The Hall–Kier alpha value is -5.87. The van der Waals surface area contributed by atoms with Crippen LogP contribution in [0.3, 0.4) is 0 Å². The molecule has 2 saturated carbocycles. The Bertz CT molecular complexity index is 2120. The van der Waals surface area contributed by atoms with Crippen LogP contribution >= 0.6 is 0 Å². The lowest BCUT2D eigenvalue weighted by atomic mass is 9.74. The standard InChI is InChI=1S/C52H73N7O10/c1-7-17-36(47(64)41(60)24-25-44(63)56-46(50(67)58(5)6)35-22-15-10-16-23-35)28-42(61)38-31-59(51(68)69-52(2,3)4)32-40(38)55-48(65)37(33-18-11-8-12-19-33)29-43(62)45(34-20-13-9-14-21-34)57-49(66)39-30-53-26-27-54-39/h10,15-16,22-23,26-27,30,33-34,36-38,40,45-46H,7-9,11-14,17-21,24-25,28-29,31-32H2,1-6H3,(H,55,65)(H,56,63)(H,57,66)/t36-,37+,38-,40+,45+,46+/m1/s1. The fraction of sp³-hybridized carbons (Fsp3) is 0.635. The van der Waals surface area contributed by atoms with Gasteiger partial charge in [0, 0.05) is 77.1 Å². The molecule has 17 nitrogen and oxygen atoms in total. The summed E-state index contributed by atoms with van der Waals surface area (Å²) in [6.45, 7) is 6.80. The van der Waals surface area contributed by atoms with Crippen molar-refractivity contribution in [3.63, 3.8) is 0 Å². The Morgan fingerprint density at radius 1 is 0.812 bits per heavy atom. The van der Waals surface area contributed by atoms with E-state index in [0.29, 0.717) is 12.0 Å². The van der Waals surface area contributed by atoms with Crippen LogP contribution in [0, 0.1) is 29.6 Å². The molecular weight excluding hydrogens is 883 g/mol. The van der Waals surface area contributed by atoms with Gasteiger partial charge in [-0.05, 0) is 70.3 Å². The van der Waals surface area contributed by atoms with Gasteiger partial charge in [0.05, 0.1) is 24.2 Å². The SMILES string of the molecule is CCC[C@H](CC(=O)[C@@H]1CN(C(=O)OC(C)(C)C)C[C@@H]1NC(=O)[C@@H](CC(=O)[C@@H](NC(=O)c1cnccn1)C1CCCCC1)C1CCCCC1)C(=O)C(=O)CCC(=O)N[C@H](C(=O)N(C)C)c1ccccc1. The number of amides is 5. The molecule has 3 aliphatic rings. The van der Waals surface area contributed by atoms with Crippen molar-refractivity contribution < 1.29 is 47.9 Å². The highest BCUT2D eigenvalue weighted by molar-refractivity contribution is 6.38. The quantitative estimate of drug-likeness (QED) is 0.117. The summed E-state index contributed by atoms with van der Waals surface area (Å²) in [6.07, 6.45) is 11.5. The smallest absolute Gasteiger partial charge is 0.410 e. The fourth-order valence-electron chi connectivity index (χ4n) is 10.0. The molecule has 0 radical (unpaired) electrons. The number of nitrogens with one attached hydrogen (secondary N) is 3. The maximum Gasteiger partial charge on any atom is 0.410 e. The van der Waals surface area contributed by atoms with E-state index in [0.717, 1.165) is 64.2 Å². The van der Waals surface area contributed by atoms with E-state index in [1.54, 1.807) is 65.2 Å². The molecule has 1 aliphatic heterocycles. The molecule has 3 fully saturated rings. The van der Waals surface area contributed by atoms with Crippen LogP contribution in [0.4, 0.5) is 4.79 Å². The predicted octanol–water partition coefficient (Wildman–Crippen LogP) is 5.90. The van der Waals surface area contributed by atoms with Crippen molar-refractivity contribution in [3.8, 4) is 0 Å². The molecule has 1 saturated heterocycles. The lowest BCUT2D eigenvalue weighted by molar-refractivity contribution is -0.141. The van der Waals surface area contributed by atoms with Gasteiger partial charge in [-0.25, -0.2) is 9.78 Å². The van der Waals surface area contributed by atoms with E-state index in [4.69, 9.17) is 4.74 Å². The molecule has 3 N–H and O–H groups in total. The lowest BCUT2D eigenvalue weighted by Gasteiger charge is -2.34. The number of rotatable bonds is 22. The Morgan fingerprint density at radius 3 is 2.06 bits per heavy atom. The van der Waals surface area contributed by atoms with Crippen molar-refractivity contribution >= 4 is 52.9 Å². The van der Waals surface area contributed by atoms with Crippen LogP contribution in [0.2, 0.25) is 0 Å². The number of ether oxygens (including phenoxy) is 1. The number of hydrogen-bond donors (Lipinski definition) is 3. The molecular formula is C52H73N7O10. The molecule has 2 aliphatic carbocycles. The second-order valence-corrected chi connectivity index (χ2v) is 20.3. The predicted molar refractivity (Wildman–Crippen MR) is 256 cm³/mol. The van der Waals surface area contributed by atoms with Crippen molar-refractivity contribution in [3.05, 3.63) is 60.2 Å². The average molecular weight is 956 g/mol. The van der Waals surface area contributed by atoms with Crippen molar-refractivity contribution in [1.82, 2.24) is 35.7 Å². The van der Waals surface area contributed by atoms with Crippen LogP contribution in [0.1, 0.15) is 153 Å². The summed E-state index contributed by atoms with van der Waals surface area (Å²) < 4.78 is 5.68. The van der Waals surface area contributed by atoms with E-state index in [1.165, 1.54) is 28.4 Å². The number of carbonyl (C=O) groups is 9. The molecule has 5 rings (SSSR count). The number of carbonyl (C=O) groups excluding carboxylic acids is 9. The number of Topliss-reactive ketones (excluding diaryl/α,β-unsaturated/α-hetero) is 4. The number of nitrogens with zero attached hydrogens (tertiary/aromatic N) is 4. The van der Waals surface area contributed by atoms with Crippen molar-refractivity contribution in [2.24, 2.45) is 29.6 Å². The van der Waals surface area contributed by atoms with Gasteiger partial charge in [0.25, 0.3) is 5.91 Å². The zero-order valence-electron chi connectivity index (χ0n) is 41.3. The molecule has 6 atom stereocenters. The van der Waals surface area contributed by atoms with Gasteiger partial charge in [-0.2, -0.15) is 0 Å². The normalized spacial score (nSPS) is 19.5. The van der Waals surface area contributed by atoms with Gasteiger partial charge in [0.1, 0.15) is 23.1 Å². The molecule has 0 bridgehead atoms. The maximum absolute atomic E-state index is 14.7. The lowest BCUT2D eigenvalue weighted by Crippen LogP contribution is -2.50. The molecule has 2 heterocycles. The first-order valence-electron chi connectivity index (χ1n) is 24.9. The summed E-state index contributed by atoms with van der Waals surface area (Å²) in [4.78, 5) is 135. The fourth-order valence-corrected chi connectivity index (χ4v) is 10.0. The van der Waals surface area contributed by atoms with E-state index >= 15 is 0 Å². The highest BCUT2D eigenvalue weighted by Gasteiger charge is 2.45. The van der Waals surface area contributed by atoms with Gasteiger partial charge in [0.15, 0.2) is 11.6 Å².